The topological polar surface area (TPSA) is 83.5 Å². The van der Waals surface area contributed by atoms with E-state index < -0.39 is 21.7 Å². The third-order valence-electron chi connectivity index (χ3n) is 2.76. The van der Waals surface area contributed by atoms with Crippen LogP contribution in [-0.4, -0.2) is 31.3 Å². The summed E-state index contributed by atoms with van der Waals surface area (Å²) in [4.78, 5) is 10.4. The quantitative estimate of drug-likeness (QED) is 0.781. The third-order valence-corrected chi connectivity index (χ3v) is 4.08. The Balaban J connectivity index is 2.47. The normalized spacial score (nSPS) is 20.0. The lowest BCUT2D eigenvalue weighted by Crippen LogP contribution is -2.38. The Kier molecular flexibility index (Phi) is 5.21. The van der Waals surface area contributed by atoms with Gasteiger partial charge in [-0.25, -0.2) is 13.1 Å². The van der Waals surface area contributed by atoms with E-state index in [-0.39, 0.29) is 6.04 Å². The van der Waals surface area contributed by atoms with Gasteiger partial charge in [-0.15, -0.1) is 0 Å². The minimum Gasteiger partial charge on any atom is -0.480 e. The largest absolute Gasteiger partial charge is 0.480 e. The molecule has 0 spiro atoms. The van der Waals surface area contributed by atoms with Crippen molar-refractivity contribution >= 4 is 16.0 Å². The van der Waals surface area contributed by atoms with Gasteiger partial charge in [-0.2, -0.15) is 0 Å². The number of carbonyl (C=O) groups is 1. The molecule has 2 N–H and O–H groups in total. The van der Waals surface area contributed by atoms with E-state index in [0.29, 0.717) is 0 Å². The van der Waals surface area contributed by atoms with Crippen molar-refractivity contribution in [1.29, 1.82) is 0 Å². The van der Waals surface area contributed by atoms with Crippen LogP contribution in [-0.2, 0) is 14.8 Å². The van der Waals surface area contributed by atoms with Gasteiger partial charge < -0.3 is 5.11 Å². The molecule has 0 atom stereocenters. The van der Waals surface area contributed by atoms with Gasteiger partial charge in [-0.3, -0.25) is 4.79 Å². The predicted molar refractivity (Wildman–Crippen MR) is 60.7 cm³/mol. The SMILES string of the molecule is O=C(O)CS(=O)(=O)NC1CCCCCCC1. The van der Waals surface area contributed by atoms with Crippen molar-refractivity contribution in [1.82, 2.24) is 4.72 Å². The molecule has 0 radical (unpaired) electrons. The molecule has 94 valence electrons. The van der Waals surface area contributed by atoms with Crippen molar-refractivity contribution in [2.45, 2.75) is 51.0 Å². The monoisotopic (exact) mass is 249 g/mol. The zero-order valence-electron chi connectivity index (χ0n) is 9.31. The molecule has 1 fully saturated rings. The molecule has 1 aliphatic rings. The number of aliphatic carboxylic acids is 1. The predicted octanol–water partition coefficient (Wildman–Crippen LogP) is 1.10. The molecule has 0 aromatic rings. The number of hydrogen-bond donors (Lipinski definition) is 2. The van der Waals surface area contributed by atoms with Crippen molar-refractivity contribution < 1.29 is 18.3 Å². The fourth-order valence-corrected chi connectivity index (χ4v) is 3.18. The Morgan fingerprint density at radius 1 is 1.12 bits per heavy atom. The molecule has 0 heterocycles. The summed E-state index contributed by atoms with van der Waals surface area (Å²) in [6.45, 7) is 0. The molecular weight excluding hydrogens is 230 g/mol. The smallest absolute Gasteiger partial charge is 0.320 e. The maximum Gasteiger partial charge on any atom is 0.320 e. The minimum absolute atomic E-state index is 0.0790. The van der Waals surface area contributed by atoms with Crippen LogP contribution >= 0.6 is 0 Å². The molecule has 0 amide bonds. The maximum absolute atomic E-state index is 11.4. The van der Waals surface area contributed by atoms with E-state index >= 15 is 0 Å². The Morgan fingerprint density at radius 2 is 1.62 bits per heavy atom. The van der Waals surface area contributed by atoms with Crippen molar-refractivity contribution in [3.63, 3.8) is 0 Å². The molecule has 0 bridgehead atoms. The molecule has 1 saturated carbocycles. The minimum atomic E-state index is -3.66. The number of sulfonamides is 1. The summed E-state index contributed by atoms with van der Waals surface area (Å²) in [6, 6.07) is -0.0790. The number of carboxylic acid groups (broad SMARTS) is 1. The van der Waals surface area contributed by atoms with Gasteiger partial charge in [0.05, 0.1) is 0 Å². The molecule has 0 aliphatic heterocycles. The highest BCUT2D eigenvalue weighted by molar-refractivity contribution is 7.90. The first-order chi connectivity index (χ1) is 7.49. The van der Waals surface area contributed by atoms with E-state index in [9.17, 15) is 13.2 Å². The molecule has 1 rings (SSSR count). The van der Waals surface area contributed by atoms with Gasteiger partial charge in [0.2, 0.25) is 10.0 Å². The lowest BCUT2D eigenvalue weighted by molar-refractivity contribution is -0.134. The van der Waals surface area contributed by atoms with E-state index in [1.165, 1.54) is 6.42 Å². The second-order valence-corrected chi connectivity index (χ2v) is 6.07. The van der Waals surface area contributed by atoms with Crippen LogP contribution in [0.4, 0.5) is 0 Å². The average molecular weight is 249 g/mol. The van der Waals surface area contributed by atoms with Crippen LogP contribution in [0.25, 0.3) is 0 Å². The summed E-state index contributed by atoms with van der Waals surface area (Å²) < 4.78 is 25.3. The number of nitrogens with one attached hydrogen (secondary N) is 1. The third kappa shape index (κ3) is 5.46. The van der Waals surface area contributed by atoms with Crippen LogP contribution in [0.15, 0.2) is 0 Å². The summed E-state index contributed by atoms with van der Waals surface area (Å²) >= 11 is 0. The highest BCUT2D eigenvalue weighted by Crippen LogP contribution is 2.17. The highest BCUT2D eigenvalue weighted by atomic mass is 32.2. The Morgan fingerprint density at radius 3 is 2.12 bits per heavy atom. The lowest BCUT2D eigenvalue weighted by Gasteiger charge is -2.20. The second kappa shape index (κ2) is 6.20. The first kappa shape index (κ1) is 13.4. The second-order valence-electron chi connectivity index (χ2n) is 4.31. The van der Waals surface area contributed by atoms with Crippen molar-refractivity contribution in [3.05, 3.63) is 0 Å². The van der Waals surface area contributed by atoms with Crippen molar-refractivity contribution in [2.24, 2.45) is 0 Å². The summed E-state index contributed by atoms with van der Waals surface area (Å²) in [5, 5.41) is 8.46. The Bertz CT molecular complexity index is 318. The Labute approximate surface area is 96.3 Å². The van der Waals surface area contributed by atoms with E-state index in [1.807, 2.05) is 0 Å². The average Bonchev–Trinajstić information content (AvgIpc) is 2.06. The maximum atomic E-state index is 11.4. The first-order valence-corrected chi connectivity index (χ1v) is 7.36. The number of rotatable bonds is 4. The zero-order chi connectivity index (χ0) is 12.0. The molecule has 5 nitrogen and oxygen atoms in total. The molecule has 6 heteroatoms. The molecule has 0 unspecified atom stereocenters. The van der Waals surface area contributed by atoms with Gasteiger partial charge in [0.15, 0.2) is 5.75 Å². The van der Waals surface area contributed by atoms with Gasteiger partial charge >= 0.3 is 5.97 Å². The highest BCUT2D eigenvalue weighted by Gasteiger charge is 2.21. The van der Waals surface area contributed by atoms with Crippen LogP contribution < -0.4 is 4.72 Å². The van der Waals surface area contributed by atoms with E-state index in [4.69, 9.17) is 5.11 Å². The van der Waals surface area contributed by atoms with Crippen LogP contribution in [0.5, 0.6) is 0 Å². The fourth-order valence-electron chi connectivity index (χ4n) is 2.03. The summed E-state index contributed by atoms with van der Waals surface area (Å²) in [5.41, 5.74) is 0. The van der Waals surface area contributed by atoms with Gasteiger partial charge in [-0.1, -0.05) is 32.1 Å². The number of hydrogen-bond acceptors (Lipinski definition) is 3. The standard InChI is InChI=1S/C10H19NO4S/c12-10(13)8-16(14,15)11-9-6-4-2-1-3-5-7-9/h9,11H,1-8H2,(H,12,13). The van der Waals surface area contributed by atoms with Crippen molar-refractivity contribution in [3.8, 4) is 0 Å². The zero-order valence-corrected chi connectivity index (χ0v) is 10.1. The van der Waals surface area contributed by atoms with Crippen molar-refractivity contribution in [2.75, 3.05) is 5.75 Å². The summed E-state index contributed by atoms with van der Waals surface area (Å²) in [5.74, 6) is -2.14. The van der Waals surface area contributed by atoms with Gasteiger partial charge in [0.1, 0.15) is 0 Å². The van der Waals surface area contributed by atoms with Crippen LogP contribution in [0.3, 0.4) is 0 Å². The van der Waals surface area contributed by atoms with Gasteiger partial charge in [0.25, 0.3) is 0 Å². The van der Waals surface area contributed by atoms with Gasteiger partial charge in [-0.05, 0) is 12.8 Å². The van der Waals surface area contributed by atoms with E-state index in [1.54, 1.807) is 0 Å². The first-order valence-electron chi connectivity index (χ1n) is 5.71. The van der Waals surface area contributed by atoms with E-state index in [0.717, 1.165) is 38.5 Å². The fraction of sp³-hybridized carbons (Fsp3) is 0.900. The summed E-state index contributed by atoms with van der Waals surface area (Å²) in [7, 11) is -3.66. The molecule has 1 aliphatic carbocycles. The van der Waals surface area contributed by atoms with Gasteiger partial charge in [0, 0.05) is 6.04 Å². The molecule has 0 aromatic carbocycles. The van der Waals surface area contributed by atoms with Crippen LogP contribution in [0, 0.1) is 0 Å². The molecule has 16 heavy (non-hydrogen) atoms. The molecule has 0 saturated heterocycles. The number of carboxylic acids is 1. The van der Waals surface area contributed by atoms with Crippen LogP contribution in [0.1, 0.15) is 44.9 Å². The molecule has 0 aromatic heterocycles. The lowest BCUT2D eigenvalue weighted by atomic mass is 9.97. The van der Waals surface area contributed by atoms with Crippen LogP contribution in [0.2, 0.25) is 0 Å². The Hall–Kier alpha value is -0.620. The molecular formula is C10H19NO4S. The summed E-state index contributed by atoms with van der Waals surface area (Å²) in [6.07, 6.45) is 7.15. The van der Waals surface area contributed by atoms with E-state index in [2.05, 4.69) is 4.72 Å².